The Hall–Kier alpha value is -3.12. The van der Waals surface area contributed by atoms with Crippen LogP contribution in [0.25, 0.3) is 22.6 Å². The van der Waals surface area contributed by atoms with Crippen LogP contribution >= 0.6 is 0 Å². The van der Waals surface area contributed by atoms with Gasteiger partial charge in [-0.3, -0.25) is 4.79 Å². The highest BCUT2D eigenvalue weighted by Crippen LogP contribution is 2.41. The first-order valence-corrected chi connectivity index (χ1v) is 9.56. The Kier molecular flexibility index (Phi) is 5.11. The van der Waals surface area contributed by atoms with Crippen molar-refractivity contribution in [3.63, 3.8) is 0 Å². The van der Waals surface area contributed by atoms with Gasteiger partial charge >= 0.3 is 0 Å². The van der Waals surface area contributed by atoms with E-state index < -0.39 is 5.60 Å². The van der Waals surface area contributed by atoms with Crippen LogP contribution in [0, 0.1) is 0 Å². The number of hydrogen-bond donors (Lipinski definition) is 1. The lowest BCUT2D eigenvalue weighted by atomic mass is 9.84. The van der Waals surface area contributed by atoms with Crippen molar-refractivity contribution in [1.29, 1.82) is 0 Å². The maximum atomic E-state index is 11.6. The van der Waals surface area contributed by atoms with Crippen molar-refractivity contribution < 1.29 is 23.8 Å². The molecule has 0 amide bonds. The number of oxazole rings is 1. The second-order valence-electron chi connectivity index (χ2n) is 7.22. The van der Waals surface area contributed by atoms with E-state index in [1.165, 1.54) is 0 Å². The SMILES string of the molecule is COc1ccc(-c2nc(C3(O)CCC(=O)CC3)oc2-c2ccc(OC)cc2)cc1. The Bertz CT molecular complexity index is 930. The van der Waals surface area contributed by atoms with Crippen LogP contribution in [0.2, 0.25) is 0 Å². The van der Waals surface area contributed by atoms with E-state index in [0.29, 0.717) is 37.1 Å². The van der Waals surface area contributed by atoms with E-state index in [1.54, 1.807) is 14.2 Å². The lowest BCUT2D eigenvalue weighted by Gasteiger charge is -2.27. The lowest BCUT2D eigenvalue weighted by Crippen LogP contribution is -2.31. The molecule has 1 fully saturated rings. The Morgan fingerprint density at radius 1 is 0.897 bits per heavy atom. The second-order valence-corrected chi connectivity index (χ2v) is 7.22. The molecule has 0 aliphatic heterocycles. The number of aromatic nitrogens is 1. The Labute approximate surface area is 169 Å². The quantitative estimate of drug-likeness (QED) is 0.694. The zero-order valence-corrected chi connectivity index (χ0v) is 16.5. The van der Waals surface area contributed by atoms with E-state index in [-0.39, 0.29) is 11.7 Å². The highest BCUT2D eigenvalue weighted by molar-refractivity contribution is 5.80. The van der Waals surface area contributed by atoms with Crippen molar-refractivity contribution >= 4 is 5.78 Å². The maximum absolute atomic E-state index is 11.6. The molecule has 6 nitrogen and oxygen atoms in total. The minimum atomic E-state index is -1.24. The molecule has 0 saturated heterocycles. The van der Waals surface area contributed by atoms with Crippen molar-refractivity contribution in [1.82, 2.24) is 4.98 Å². The topological polar surface area (TPSA) is 81.8 Å². The molecular formula is C23H23NO5. The number of ketones is 1. The third-order valence-corrected chi connectivity index (χ3v) is 5.38. The van der Waals surface area contributed by atoms with E-state index >= 15 is 0 Å². The van der Waals surface area contributed by atoms with E-state index in [9.17, 15) is 9.90 Å². The monoisotopic (exact) mass is 393 g/mol. The number of hydrogen-bond acceptors (Lipinski definition) is 6. The third kappa shape index (κ3) is 3.76. The Morgan fingerprint density at radius 3 is 1.93 bits per heavy atom. The van der Waals surface area contributed by atoms with Gasteiger partial charge in [0.05, 0.1) is 14.2 Å². The highest BCUT2D eigenvalue weighted by atomic mass is 16.5. The predicted molar refractivity (Wildman–Crippen MR) is 108 cm³/mol. The summed E-state index contributed by atoms with van der Waals surface area (Å²) in [4.78, 5) is 16.3. The van der Waals surface area contributed by atoms with Gasteiger partial charge in [0.25, 0.3) is 0 Å². The number of methoxy groups -OCH3 is 2. The lowest BCUT2D eigenvalue weighted by molar-refractivity contribution is -0.126. The molecule has 0 atom stereocenters. The number of Topliss-reactive ketones (excluding diaryl/α,β-unsaturated/α-hetero) is 1. The van der Waals surface area contributed by atoms with Crippen LogP contribution in [0.4, 0.5) is 0 Å². The average molecular weight is 393 g/mol. The second kappa shape index (κ2) is 7.72. The maximum Gasteiger partial charge on any atom is 0.227 e. The van der Waals surface area contributed by atoms with Gasteiger partial charge in [-0.1, -0.05) is 0 Å². The fourth-order valence-corrected chi connectivity index (χ4v) is 3.56. The third-order valence-electron chi connectivity index (χ3n) is 5.38. The van der Waals surface area contributed by atoms with Crippen molar-refractivity contribution in [3.8, 4) is 34.1 Å². The number of carbonyl (C=O) groups is 1. The molecule has 4 rings (SSSR count). The predicted octanol–water partition coefficient (Wildman–Crippen LogP) is 4.36. The summed E-state index contributed by atoms with van der Waals surface area (Å²) in [7, 11) is 3.23. The van der Waals surface area contributed by atoms with E-state index in [4.69, 9.17) is 13.9 Å². The van der Waals surface area contributed by atoms with Gasteiger partial charge in [-0.15, -0.1) is 0 Å². The van der Waals surface area contributed by atoms with Gasteiger partial charge in [-0.25, -0.2) is 4.98 Å². The number of carbonyl (C=O) groups excluding carboxylic acids is 1. The van der Waals surface area contributed by atoms with Gasteiger partial charge in [-0.05, 0) is 61.4 Å². The van der Waals surface area contributed by atoms with Gasteiger partial charge in [0.15, 0.2) is 5.76 Å². The molecule has 0 unspecified atom stereocenters. The Balaban J connectivity index is 1.80. The first-order chi connectivity index (χ1) is 14.0. The molecular weight excluding hydrogens is 370 g/mol. The Morgan fingerprint density at radius 2 is 1.41 bits per heavy atom. The van der Waals surface area contributed by atoms with Gasteiger partial charge in [0, 0.05) is 24.0 Å². The molecule has 0 radical (unpaired) electrons. The molecule has 2 aromatic carbocycles. The molecule has 6 heteroatoms. The summed E-state index contributed by atoms with van der Waals surface area (Å²) < 4.78 is 16.6. The van der Waals surface area contributed by atoms with Crippen LogP contribution in [-0.2, 0) is 10.4 Å². The molecule has 1 saturated carbocycles. The average Bonchev–Trinajstić information content (AvgIpc) is 3.22. The van der Waals surface area contributed by atoms with Crippen LogP contribution in [0.15, 0.2) is 52.9 Å². The van der Waals surface area contributed by atoms with Gasteiger partial charge < -0.3 is 19.0 Å². The van der Waals surface area contributed by atoms with Crippen molar-refractivity contribution in [3.05, 3.63) is 54.4 Å². The molecule has 150 valence electrons. The molecule has 0 spiro atoms. The number of aliphatic hydroxyl groups is 1. The number of benzene rings is 2. The van der Waals surface area contributed by atoms with E-state index in [2.05, 4.69) is 4.98 Å². The van der Waals surface area contributed by atoms with Crippen LogP contribution in [0.1, 0.15) is 31.6 Å². The first kappa shape index (κ1) is 19.2. The smallest absolute Gasteiger partial charge is 0.227 e. The fourth-order valence-electron chi connectivity index (χ4n) is 3.56. The molecule has 1 aromatic heterocycles. The minimum Gasteiger partial charge on any atom is -0.497 e. The van der Waals surface area contributed by atoms with Crippen molar-refractivity contribution in [2.75, 3.05) is 14.2 Å². The largest absolute Gasteiger partial charge is 0.497 e. The summed E-state index contributed by atoms with van der Waals surface area (Å²) in [5.74, 6) is 2.46. The zero-order chi connectivity index (χ0) is 20.4. The van der Waals surface area contributed by atoms with Crippen LogP contribution in [-0.4, -0.2) is 30.1 Å². The summed E-state index contributed by atoms with van der Waals surface area (Å²) in [6, 6.07) is 15.0. The normalized spacial score (nSPS) is 15.9. The molecule has 29 heavy (non-hydrogen) atoms. The summed E-state index contributed by atoms with van der Waals surface area (Å²) >= 11 is 0. The van der Waals surface area contributed by atoms with Crippen LogP contribution in [0.5, 0.6) is 11.5 Å². The molecule has 1 N–H and O–H groups in total. The zero-order valence-electron chi connectivity index (χ0n) is 16.5. The summed E-state index contributed by atoms with van der Waals surface area (Å²) in [5.41, 5.74) is 1.07. The molecule has 0 bridgehead atoms. The molecule has 3 aromatic rings. The van der Waals surface area contributed by atoms with Gasteiger partial charge in [-0.2, -0.15) is 0 Å². The molecule has 1 aliphatic rings. The highest BCUT2D eigenvalue weighted by Gasteiger charge is 2.39. The number of ether oxygens (including phenoxy) is 2. The summed E-state index contributed by atoms with van der Waals surface area (Å²) in [6.45, 7) is 0. The minimum absolute atomic E-state index is 0.159. The number of nitrogens with zero attached hydrogens (tertiary/aromatic N) is 1. The van der Waals surface area contributed by atoms with Gasteiger partial charge in [0.1, 0.15) is 28.6 Å². The van der Waals surface area contributed by atoms with E-state index in [0.717, 1.165) is 22.6 Å². The molecule has 1 heterocycles. The standard InChI is InChI=1S/C23H23NO5/c1-27-18-7-3-15(4-8-18)20-21(16-5-9-19(28-2)10-6-16)29-22(24-20)23(26)13-11-17(25)12-14-23/h3-10,26H,11-14H2,1-2H3. The van der Waals surface area contributed by atoms with Crippen molar-refractivity contribution in [2.45, 2.75) is 31.3 Å². The first-order valence-electron chi connectivity index (χ1n) is 9.56. The van der Waals surface area contributed by atoms with Crippen LogP contribution in [0.3, 0.4) is 0 Å². The van der Waals surface area contributed by atoms with Crippen LogP contribution < -0.4 is 9.47 Å². The summed E-state index contributed by atoms with van der Waals surface area (Å²) in [6.07, 6.45) is 1.29. The molecule has 1 aliphatic carbocycles. The van der Waals surface area contributed by atoms with E-state index in [1.807, 2.05) is 48.5 Å². The number of rotatable bonds is 5. The fraction of sp³-hybridized carbons (Fsp3) is 0.304. The van der Waals surface area contributed by atoms with Crippen molar-refractivity contribution in [2.24, 2.45) is 0 Å². The summed E-state index contributed by atoms with van der Waals surface area (Å²) in [5, 5.41) is 11.1. The van der Waals surface area contributed by atoms with Gasteiger partial charge in [0.2, 0.25) is 5.89 Å².